The van der Waals surface area contributed by atoms with Gasteiger partial charge in [0.15, 0.2) is 5.78 Å². The molecule has 0 aromatic carbocycles. The molecule has 0 aliphatic carbocycles. The molecular weight excluding hydrogens is 190 g/mol. The van der Waals surface area contributed by atoms with Gasteiger partial charge in [-0.2, -0.15) is 5.10 Å². The summed E-state index contributed by atoms with van der Waals surface area (Å²) in [4.78, 5) is 12.1. The van der Waals surface area contributed by atoms with Crippen molar-refractivity contribution >= 4 is 5.78 Å². The van der Waals surface area contributed by atoms with Crippen LogP contribution in [-0.4, -0.2) is 22.1 Å². The van der Waals surface area contributed by atoms with Crippen LogP contribution in [0.25, 0.3) is 0 Å². The van der Waals surface area contributed by atoms with E-state index in [4.69, 9.17) is 5.73 Å². The van der Waals surface area contributed by atoms with Crippen molar-refractivity contribution in [2.75, 3.05) is 6.54 Å². The number of Topliss-reactive ketones (excluding diaryl/α,β-unsaturated/α-hetero) is 1. The standard InChI is InChI=1S/C11H19N3O/c1-4-7-14-9(5-6-13-14)10(15)11(2,3)8-12/h5-6H,4,7-8,12H2,1-3H3. The lowest BCUT2D eigenvalue weighted by atomic mass is 9.86. The molecule has 0 spiro atoms. The molecule has 0 aliphatic rings. The van der Waals surface area contributed by atoms with Crippen LogP contribution in [0.3, 0.4) is 0 Å². The summed E-state index contributed by atoms with van der Waals surface area (Å²) in [7, 11) is 0. The van der Waals surface area contributed by atoms with Crippen LogP contribution in [0.15, 0.2) is 12.3 Å². The van der Waals surface area contributed by atoms with Crippen LogP contribution in [0.2, 0.25) is 0 Å². The second-order valence-corrected chi connectivity index (χ2v) is 4.36. The summed E-state index contributed by atoms with van der Waals surface area (Å²) in [6, 6.07) is 1.76. The molecule has 0 aliphatic heterocycles. The molecule has 0 saturated carbocycles. The van der Waals surface area contributed by atoms with Gasteiger partial charge in [0.2, 0.25) is 0 Å². The summed E-state index contributed by atoms with van der Waals surface area (Å²) in [6.07, 6.45) is 2.63. The van der Waals surface area contributed by atoms with Gasteiger partial charge in [-0.1, -0.05) is 20.8 Å². The van der Waals surface area contributed by atoms with E-state index < -0.39 is 5.41 Å². The summed E-state index contributed by atoms with van der Waals surface area (Å²) < 4.78 is 1.75. The highest BCUT2D eigenvalue weighted by Crippen LogP contribution is 2.20. The van der Waals surface area contributed by atoms with Crippen molar-refractivity contribution in [3.8, 4) is 0 Å². The van der Waals surface area contributed by atoms with Crippen LogP contribution in [-0.2, 0) is 6.54 Å². The number of aryl methyl sites for hydroxylation is 1. The number of hydrogen-bond donors (Lipinski definition) is 1. The molecule has 0 saturated heterocycles. The zero-order valence-electron chi connectivity index (χ0n) is 9.66. The second kappa shape index (κ2) is 4.57. The molecule has 0 unspecified atom stereocenters. The van der Waals surface area contributed by atoms with Crippen molar-refractivity contribution in [3.63, 3.8) is 0 Å². The van der Waals surface area contributed by atoms with Crippen molar-refractivity contribution < 1.29 is 4.79 Å². The summed E-state index contributed by atoms with van der Waals surface area (Å²) in [5.74, 6) is 0.0657. The van der Waals surface area contributed by atoms with Gasteiger partial charge in [-0.25, -0.2) is 0 Å². The first-order valence-corrected chi connectivity index (χ1v) is 5.29. The lowest BCUT2D eigenvalue weighted by Gasteiger charge is -2.20. The highest BCUT2D eigenvalue weighted by atomic mass is 16.1. The number of rotatable bonds is 5. The largest absolute Gasteiger partial charge is 0.329 e. The fourth-order valence-electron chi connectivity index (χ4n) is 1.35. The van der Waals surface area contributed by atoms with Crippen LogP contribution in [0, 0.1) is 5.41 Å². The molecule has 1 aromatic rings. The van der Waals surface area contributed by atoms with Gasteiger partial charge >= 0.3 is 0 Å². The molecular formula is C11H19N3O. The molecule has 0 atom stereocenters. The van der Waals surface area contributed by atoms with Gasteiger partial charge in [-0.15, -0.1) is 0 Å². The Labute approximate surface area is 90.5 Å². The quantitative estimate of drug-likeness (QED) is 0.747. The van der Waals surface area contributed by atoms with E-state index in [1.54, 1.807) is 16.9 Å². The minimum absolute atomic E-state index is 0.0657. The Morgan fingerprint density at radius 1 is 1.60 bits per heavy atom. The van der Waals surface area contributed by atoms with E-state index in [-0.39, 0.29) is 5.78 Å². The van der Waals surface area contributed by atoms with Crippen LogP contribution in [0.4, 0.5) is 0 Å². The molecule has 4 nitrogen and oxygen atoms in total. The SMILES string of the molecule is CCCn1nccc1C(=O)C(C)(C)CN. The number of ketones is 1. The Hall–Kier alpha value is -1.16. The minimum atomic E-state index is -0.508. The molecule has 0 fully saturated rings. The van der Waals surface area contributed by atoms with Gasteiger partial charge in [0.1, 0.15) is 5.69 Å². The molecule has 15 heavy (non-hydrogen) atoms. The number of aromatic nitrogens is 2. The third kappa shape index (κ3) is 2.45. The van der Waals surface area contributed by atoms with Gasteiger partial charge in [-0.3, -0.25) is 9.48 Å². The van der Waals surface area contributed by atoms with E-state index in [1.807, 2.05) is 13.8 Å². The lowest BCUT2D eigenvalue weighted by Crippen LogP contribution is -2.34. The molecule has 4 heteroatoms. The number of hydrogen-bond acceptors (Lipinski definition) is 3. The lowest BCUT2D eigenvalue weighted by molar-refractivity contribution is 0.0835. The number of carbonyl (C=O) groups excluding carboxylic acids is 1. The Balaban J connectivity index is 2.96. The summed E-state index contributed by atoms with van der Waals surface area (Å²) in [6.45, 7) is 6.90. The van der Waals surface area contributed by atoms with Gasteiger partial charge in [0, 0.05) is 24.7 Å². The zero-order chi connectivity index (χ0) is 11.5. The monoisotopic (exact) mass is 209 g/mol. The van der Waals surface area contributed by atoms with Gasteiger partial charge < -0.3 is 5.73 Å². The average molecular weight is 209 g/mol. The first kappa shape index (κ1) is 11.9. The zero-order valence-corrected chi connectivity index (χ0v) is 9.66. The van der Waals surface area contributed by atoms with E-state index in [1.165, 1.54) is 0 Å². The predicted molar refractivity (Wildman–Crippen MR) is 59.7 cm³/mol. The van der Waals surface area contributed by atoms with Crippen LogP contribution in [0.5, 0.6) is 0 Å². The smallest absolute Gasteiger partial charge is 0.187 e. The topological polar surface area (TPSA) is 60.9 Å². The van der Waals surface area contributed by atoms with E-state index >= 15 is 0 Å². The summed E-state index contributed by atoms with van der Waals surface area (Å²) in [5, 5.41) is 4.13. The molecule has 1 rings (SSSR count). The van der Waals surface area contributed by atoms with Crippen LogP contribution >= 0.6 is 0 Å². The van der Waals surface area contributed by atoms with Gasteiger partial charge in [0.25, 0.3) is 0 Å². The molecule has 0 radical (unpaired) electrons. The van der Waals surface area contributed by atoms with Crippen molar-refractivity contribution in [2.45, 2.75) is 33.7 Å². The van der Waals surface area contributed by atoms with E-state index in [9.17, 15) is 4.79 Å². The number of carbonyl (C=O) groups is 1. The van der Waals surface area contributed by atoms with Crippen LogP contribution < -0.4 is 5.73 Å². The normalized spacial score (nSPS) is 11.7. The van der Waals surface area contributed by atoms with E-state index in [0.717, 1.165) is 13.0 Å². The van der Waals surface area contributed by atoms with Crippen molar-refractivity contribution in [2.24, 2.45) is 11.1 Å². The first-order chi connectivity index (χ1) is 7.03. The Morgan fingerprint density at radius 3 is 2.80 bits per heavy atom. The maximum atomic E-state index is 12.1. The molecule has 84 valence electrons. The fourth-order valence-corrected chi connectivity index (χ4v) is 1.35. The highest BCUT2D eigenvalue weighted by molar-refractivity contribution is 5.98. The van der Waals surface area contributed by atoms with Gasteiger partial charge in [-0.05, 0) is 12.5 Å². The Morgan fingerprint density at radius 2 is 2.27 bits per heavy atom. The molecule has 1 aromatic heterocycles. The molecule has 2 N–H and O–H groups in total. The Bertz CT molecular complexity index is 341. The maximum Gasteiger partial charge on any atom is 0.187 e. The maximum absolute atomic E-state index is 12.1. The van der Waals surface area contributed by atoms with Gasteiger partial charge in [0.05, 0.1) is 0 Å². The molecule has 0 bridgehead atoms. The summed E-state index contributed by atoms with van der Waals surface area (Å²) >= 11 is 0. The summed E-state index contributed by atoms with van der Waals surface area (Å²) in [5.41, 5.74) is 5.74. The van der Waals surface area contributed by atoms with Crippen molar-refractivity contribution in [1.29, 1.82) is 0 Å². The van der Waals surface area contributed by atoms with E-state index in [2.05, 4.69) is 12.0 Å². The average Bonchev–Trinajstić information content (AvgIpc) is 2.65. The molecule has 0 amide bonds. The number of nitrogens with zero attached hydrogens (tertiary/aromatic N) is 2. The molecule has 1 heterocycles. The highest BCUT2D eigenvalue weighted by Gasteiger charge is 2.29. The third-order valence-corrected chi connectivity index (χ3v) is 2.51. The predicted octanol–water partition coefficient (Wildman–Crippen LogP) is 1.46. The van der Waals surface area contributed by atoms with E-state index in [0.29, 0.717) is 12.2 Å². The second-order valence-electron chi connectivity index (χ2n) is 4.36. The Kier molecular flexibility index (Phi) is 3.63. The fraction of sp³-hybridized carbons (Fsp3) is 0.636. The van der Waals surface area contributed by atoms with Crippen molar-refractivity contribution in [1.82, 2.24) is 9.78 Å². The first-order valence-electron chi connectivity index (χ1n) is 5.29. The number of nitrogens with two attached hydrogens (primary N) is 1. The minimum Gasteiger partial charge on any atom is -0.329 e. The third-order valence-electron chi connectivity index (χ3n) is 2.51. The van der Waals surface area contributed by atoms with Crippen molar-refractivity contribution in [3.05, 3.63) is 18.0 Å². The van der Waals surface area contributed by atoms with Crippen LogP contribution in [0.1, 0.15) is 37.7 Å².